The van der Waals surface area contributed by atoms with Crippen molar-refractivity contribution < 1.29 is 28.3 Å². The molecule has 3 aromatic heterocycles. The normalized spacial score (nSPS) is 16.1. The fourth-order valence-electron chi connectivity index (χ4n) is 3.96. The fraction of sp³-hybridized carbons (Fsp3) is 0.125. The second-order valence-electron chi connectivity index (χ2n) is 7.43. The lowest BCUT2D eigenvalue weighted by Crippen LogP contribution is -2.30. The quantitative estimate of drug-likeness (QED) is 0.406. The number of carbonyl (C=O) groups is 2. The smallest absolute Gasteiger partial charge is 0.290 e. The predicted molar refractivity (Wildman–Crippen MR) is 118 cm³/mol. The number of ether oxygens (including phenoxy) is 1. The Kier molecular flexibility index (Phi) is 5.14. The van der Waals surface area contributed by atoms with Gasteiger partial charge in [0, 0.05) is 35.4 Å². The van der Waals surface area contributed by atoms with Crippen LogP contribution in [0, 0.1) is 0 Å². The highest BCUT2D eigenvalue weighted by Crippen LogP contribution is 2.41. The molecule has 1 atom stereocenters. The van der Waals surface area contributed by atoms with Gasteiger partial charge in [-0.05, 0) is 42.0 Å². The van der Waals surface area contributed by atoms with Crippen LogP contribution in [0.3, 0.4) is 0 Å². The number of amides is 1. The number of fused-ring (bicyclic) bond motifs is 1. The summed E-state index contributed by atoms with van der Waals surface area (Å²) in [4.78, 5) is 31.9. The molecule has 8 nitrogen and oxygen atoms in total. The van der Waals surface area contributed by atoms with Gasteiger partial charge in [-0.3, -0.25) is 14.6 Å². The maximum Gasteiger partial charge on any atom is 0.290 e. The van der Waals surface area contributed by atoms with Crippen molar-refractivity contribution in [3.8, 4) is 5.75 Å². The SMILES string of the molecule is COc1cc(Cl)cc2cc(C(=O)C3=C(O)C(=O)N(Cc4ccncc4)C3c3ccco3)oc12. The summed E-state index contributed by atoms with van der Waals surface area (Å²) < 4.78 is 16.6. The highest BCUT2D eigenvalue weighted by Gasteiger charge is 2.46. The molecular weight excluding hydrogens is 448 g/mol. The van der Waals surface area contributed by atoms with E-state index < -0.39 is 23.5 Å². The summed E-state index contributed by atoms with van der Waals surface area (Å²) in [7, 11) is 1.46. The number of halogens is 1. The molecule has 5 rings (SSSR count). The third-order valence-electron chi connectivity index (χ3n) is 5.45. The molecule has 33 heavy (non-hydrogen) atoms. The molecule has 4 aromatic rings. The summed E-state index contributed by atoms with van der Waals surface area (Å²) in [6, 6.07) is 10.6. The van der Waals surface area contributed by atoms with Crippen molar-refractivity contribution in [3.63, 3.8) is 0 Å². The van der Waals surface area contributed by atoms with E-state index >= 15 is 0 Å². The Morgan fingerprint density at radius 1 is 1.24 bits per heavy atom. The third-order valence-corrected chi connectivity index (χ3v) is 5.67. The molecule has 0 fully saturated rings. The topological polar surface area (TPSA) is 106 Å². The maximum absolute atomic E-state index is 13.5. The van der Waals surface area contributed by atoms with Crippen molar-refractivity contribution in [2.45, 2.75) is 12.6 Å². The number of ketones is 1. The van der Waals surface area contributed by atoms with Gasteiger partial charge in [-0.15, -0.1) is 0 Å². The van der Waals surface area contributed by atoms with E-state index in [9.17, 15) is 14.7 Å². The van der Waals surface area contributed by atoms with E-state index in [0.717, 1.165) is 5.56 Å². The Hall–Kier alpha value is -4.04. The van der Waals surface area contributed by atoms with Crippen molar-refractivity contribution in [1.29, 1.82) is 0 Å². The van der Waals surface area contributed by atoms with Gasteiger partial charge in [0.05, 0.1) is 18.9 Å². The molecule has 0 spiro atoms. The Morgan fingerprint density at radius 2 is 2.03 bits per heavy atom. The number of aliphatic hydroxyl groups is 1. The lowest BCUT2D eigenvalue weighted by molar-refractivity contribution is -0.130. The van der Waals surface area contributed by atoms with Crippen molar-refractivity contribution >= 4 is 34.3 Å². The second kappa shape index (κ2) is 8.14. The number of rotatable bonds is 6. The first-order valence-corrected chi connectivity index (χ1v) is 10.3. The zero-order valence-electron chi connectivity index (χ0n) is 17.3. The van der Waals surface area contributed by atoms with Gasteiger partial charge >= 0.3 is 0 Å². The summed E-state index contributed by atoms with van der Waals surface area (Å²) in [6.07, 6.45) is 4.64. The molecule has 166 valence electrons. The van der Waals surface area contributed by atoms with Crippen LogP contribution in [0.5, 0.6) is 5.75 Å². The number of aromatic nitrogens is 1. The van der Waals surface area contributed by atoms with E-state index in [1.807, 2.05) is 0 Å². The summed E-state index contributed by atoms with van der Waals surface area (Å²) in [5.74, 6) is -1.36. The molecule has 1 amide bonds. The average molecular weight is 465 g/mol. The Morgan fingerprint density at radius 3 is 2.73 bits per heavy atom. The van der Waals surface area contributed by atoms with Gasteiger partial charge < -0.3 is 23.6 Å². The van der Waals surface area contributed by atoms with Crippen LogP contribution in [0.2, 0.25) is 5.02 Å². The predicted octanol–water partition coefficient (Wildman–Crippen LogP) is 4.86. The second-order valence-corrected chi connectivity index (χ2v) is 7.87. The lowest BCUT2D eigenvalue weighted by atomic mass is 9.99. The van der Waals surface area contributed by atoms with Crippen LogP contribution in [0.4, 0.5) is 0 Å². The first-order chi connectivity index (χ1) is 16.0. The summed E-state index contributed by atoms with van der Waals surface area (Å²) >= 11 is 6.12. The highest BCUT2D eigenvalue weighted by molar-refractivity contribution is 6.31. The number of carbonyl (C=O) groups excluding carboxylic acids is 2. The zero-order valence-corrected chi connectivity index (χ0v) is 18.1. The molecule has 1 aliphatic heterocycles. The van der Waals surface area contributed by atoms with Crippen LogP contribution in [0.25, 0.3) is 11.0 Å². The number of nitrogens with zero attached hydrogens (tertiary/aromatic N) is 2. The van der Waals surface area contributed by atoms with Gasteiger partial charge in [-0.2, -0.15) is 0 Å². The van der Waals surface area contributed by atoms with E-state index in [4.69, 9.17) is 25.2 Å². The van der Waals surface area contributed by atoms with Crippen molar-refractivity contribution in [3.05, 3.63) is 94.6 Å². The standard InChI is InChI=1S/C24H17ClN2O6/c1-31-18-11-15(25)9-14-10-17(33-23(14)18)21(28)19-20(16-3-2-8-32-16)27(24(30)22(19)29)12-13-4-6-26-7-5-13/h2-11,20,29H,12H2,1H3. The number of methoxy groups -OCH3 is 1. The molecular formula is C24H17ClN2O6. The van der Waals surface area contributed by atoms with E-state index in [1.54, 1.807) is 48.8 Å². The fourth-order valence-corrected chi connectivity index (χ4v) is 4.18. The molecule has 9 heteroatoms. The molecule has 1 N–H and O–H groups in total. The van der Waals surface area contributed by atoms with E-state index in [0.29, 0.717) is 27.5 Å². The van der Waals surface area contributed by atoms with Crippen LogP contribution < -0.4 is 4.74 Å². The van der Waals surface area contributed by atoms with Crippen molar-refractivity contribution in [2.75, 3.05) is 7.11 Å². The largest absolute Gasteiger partial charge is 0.503 e. The molecule has 0 saturated heterocycles. The highest BCUT2D eigenvalue weighted by atomic mass is 35.5. The lowest BCUT2D eigenvalue weighted by Gasteiger charge is -2.24. The van der Waals surface area contributed by atoms with Gasteiger partial charge in [-0.25, -0.2) is 0 Å². The van der Waals surface area contributed by atoms with E-state index in [2.05, 4.69) is 4.98 Å². The number of Topliss-reactive ketones (excluding diaryl/α,β-unsaturated/α-hetero) is 1. The van der Waals surface area contributed by atoms with Gasteiger partial charge in [-0.1, -0.05) is 11.6 Å². The molecule has 1 unspecified atom stereocenters. The average Bonchev–Trinajstić information content (AvgIpc) is 3.54. The minimum Gasteiger partial charge on any atom is -0.503 e. The van der Waals surface area contributed by atoms with Gasteiger partial charge in [0.2, 0.25) is 5.78 Å². The zero-order chi connectivity index (χ0) is 23.1. The molecule has 0 saturated carbocycles. The number of benzene rings is 1. The van der Waals surface area contributed by atoms with Gasteiger partial charge in [0.25, 0.3) is 5.91 Å². The van der Waals surface area contributed by atoms with Crippen LogP contribution in [0.15, 0.2) is 81.3 Å². The number of hydrogen-bond acceptors (Lipinski definition) is 7. The third kappa shape index (κ3) is 3.54. The van der Waals surface area contributed by atoms with Crippen molar-refractivity contribution in [1.82, 2.24) is 9.88 Å². The van der Waals surface area contributed by atoms with Crippen LogP contribution in [0.1, 0.15) is 27.9 Å². The number of furan rings is 2. The first kappa shape index (κ1) is 20.8. The van der Waals surface area contributed by atoms with Crippen LogP contribution in [-0.4, -0.2) is 33.8 Å². The monoisotopic (exact) mass is 464 g/mol. The van der Waals surface area contributed by atoms with Crippen LogP contribution in [-0.2, 0) is 11.3 Å². The molecule has 1 aromatic carbocycles. The van der Waals surface area contributed by atoms with Gasteiger partial charge in [0.15, 0.2) is 22.9 Å². The summed E-state index contributed by atoms with van der Waals surface area (Å²) in [5, 5.41) is 11.7. The minimum atomic E-state index is -0.938. The molecule has 4 heterocycles. The number of aliphatic hydroxyl groups excluding tert-OH is 1. The summed E-state index contributed by atoms with van der Waals surface area (Å²) in [5.41, 5.74) is 0.977. The molecule has 0 bridgehead atoms. The Bertz CT molecular complexity index is 1390. The van der Waals surface area contributed by atoms with Crippen molar-refractivity contribution in [2.24, 2.45) is 0 Å². The van der Waals surface area contributed by atoms with Crippen LogP contribution >= 0.6 is 11.6 Å². The summed E-state index contributed by atoms with van der Waals surface area (Å²) in [6.45, 7) is 0.136. The minimum absolute atomic E-state index is 0.0674. The number of hydrogen-bond donors (Lipinski definition) is 1. The van der Waals surface area contributed by atoms with Gasteiger partial charge in [0.1, 0.15) is 11.8 Å². The number of pyridine rings is 1. The Balaban J connectivity index is 1.59. The molecule has 0 radical (unpaired) electrons. The maximum atomic E-state index is 13.5. The Labute approximate surface area is 192 Å². The first-order valence-electron chi connectivity index (χ1n) is 9.96. The van der Waals surface area contributed by atoms with E-state index in [1.165, 1.54) is 24.3 Å². The van der Waals surface area contributed by atoms with E-state index in [-0.39, 0.29) is 17.9 Å². The molecule has 0 aliphatic carbocycles. The molecule has 1 aliphatic rings.